The Balaban J connectivity index is 0.912. The first kappa shape index (κ1) is 38.0. The Bertz CT molecular complexity index is 4190. The Kier molecular flexibility index (Phi) is 7.93. The summed E-state index contributed by atoms with van der Waals surface area (Å²) in [6, 6.07) is 85.4. The molecule has 69 heavy (non-hydrogen) atoms. The van der Waals surface area contributed by atoms with Gasteiger partial charge in [-0.3, -0.25) is 0 Å². The van der Waals surface area contributed by atoms with Crippen LogP contribution in [0, 0.1) is 0 Å². The minimum absolute atomic E-state index is 0.472. The molecule has 0 unspecified atom stereocenters. The smallest absolute Gasteiger partial charge is 0.164 e. The van der Waals surface area contributed by atoms with Crippen molar-refractivity contribution in [2.24, 2.45) is 0 Å². The Morgan fingerprint density at radius 1 is 0.275 bits per heavy atom. The van der Waals surface area contributed by atoms with Gasteiger partial charge in [-0.15, -0.1) is 0 Å². The summed E-state index contributed by atoms with van der Waals surface area (Å²) in [7, 11) is 0. The summed E-state index contributed by atoms with van der Waals surface area (Å²) in [5.74, 6) is 1.90. The third kappa shape index (κ3) is 5.27. The molecule has 5 nitrogen and oxygen atoms in total. The maximum atomic E-state index is 5.40. The van der Waals surface area contributed by atoms with E-state index in [1.54, 1.807) is 0 Å². The van der Waals surface area contributed by atoms with Crippen molar-refractivity contribution in [3.05, 3.63) is 259 Å². The molecule has 0 fully saturated rings. The van der Waals surface area contributed by atoms with Crippen LogP contribution in [0.25, 0.3) is 111 Å². The summed E-state index contributed by atoms with van der Waals surface area (Å²) in [5, 5.41) is 4.86. The SMILES string of the molecule is c1ccc(-c2nc(-c3ccc(-n4c5ccccc5c5cc6c(cc54)c4ccccc4n6-c4ccccc4)cc3)nc(-c3cccc4c3-c3ccccc3C43c4ccccc4-c4ccccc43)n2)cc1. The number of hydrogen-bond acceptors (Lipinski definition) is 3. The fourth-order valence-corrected chi connectivity index (χ4v) is 12.0. The van der Waals surface area contributed by atoms with Crippen LogP contribution < -0.4 is 0 Å². The van der Waals surface area contributed by atoms with Gasteiger partial charge in [0.25, 0.3) is 0 Å². The van der Waals surface area contributed by atoms with E-state index in [-0.39, 0.29) is 0 Å². The van der Waals surface area contributed by atoms with Gasteiger partial charge in [0.2, 0.25) is 0 Å². The maximum absolute atomic E-state index is 5.40. The molecular weight excluding hydrogens is 839 g/mol. The van der Waals surface area contributed by atoms with Crippen molar-refractivity contribution in [1.29, 1.82) is 0 Å². The second kappa shape index (κ2) is 14.4. The number of aromatic nitrogens is 5. The van der Waals surface area contributed by atoms with Crippen molar-refractivity contribution < 1.29 is 0 Å². The molecule has 0 bridgehead atoms. The van der Waals surface area contributed by atoms with E-state index < -0.39 is 5.41 Å². The predicted octanol–water partition coefficient (Wildman–Crippen LogP) is 15.4. The Morgan fingerprint density at radius 2 is 0.696 bits per heavy atom. The van der Waals surface area contributed by atoms with Crippen molar-refractivity contribution in [2.75, 3.05) is 0 Å². The van der Waals surface area contributed by atoms with Gasteiger partial charge in [0, 0.05) is 49.6 Å². The monoisotopic (exact) mass is 877 g/mol. The highest BCUT2D eigenvalue weighted by atomic mass is 15.0. The van der Waals surface area contributed by atoms with Crippen LogP contribution in [0.1, 0.15) is 22.3 Å². The molecular formula is C64H39N5. The fraction of sp³-hybridized carbons (Fsp3) is 0.0156. The Labute approximate surface area is 397 Å². The molecule has 13 aromatic rings. The van der Waals surface area contributed by atoms with Gasteiger partial charge < -0.3 is 9.13 Å². The molecule has 0 aliphatic heterocycles. The lowest BCUT2D eigenvalue weighted by atomic mass is 9.70. The van der Waals surface area contributed by atoms with Crippen LogP contribution in [-0.4, -0.2) is 24.1 Å². The molecule has 1 spiro atoms. The number of rotatable bonds is 5. The largest absolute Gasteiger partial charge is 0.309 e. The van der Waals surface area contributed by atoms with Crippen molar-refractivity contribution in [2.45, 2.75) is 5.41 Å². The van der Waals surface area contributed by atoms with E-state index in [9.17, 15) is 0 Å². The molecule has 2 aliphatic carbocycles. The standard InChI is InChI=1S/C64H39N5/c1-3-18-40(19-4-1)61-65-62(67-63(66-61)49-27-17-31-55-60(49)48-26-9-14-30-54(48)64(55)52-28-12-7-22-44(52)45-23-8-13-29-53(45)64)41-34-36-43(37-35-41)69-57-33-16-11-25-47(57)51-38-58-50(39-59(51)69)46-24-10-15-32-56(46)68(58)42-20-5-2-6-21-42/h1-39H. The highest BCUT2D eigenvalue weighted by molar-refractivity contribution is 6.19. The molecule has 3 heterocycles. The molecule has 15 rings (SSSR count). The molecule has 320 valence electrons. The quantitative estimate of drug-likeness (QED) is 0.173. The van der Waals surface area contributed by atoms with Gasteiger partial charge in [-0.2, -0.15) is 0 Å². The summed E-state index contributed by atoms with van der Waals surface area (Å²) < 4.78 is 4.79. The Hall–Kier alpha value is -9.19. The molecule has 3 aromatic heterocycles. The van der Waals surface area contributed by atoms with Gasteiger partial charge in [-0.25, -0.2) is 15.0 Å². The van der Waals surface area contributed by atoms with E-state index >= 15 is 0 Å². The number of nitrogens with zero attached hydrogens (tertiary/aromatic N) is 5. The molecule has 0 amide bonds. The zero-order valence-corrected chi connectivity index (χ0v) is 37.3. The second-order valence-electron chi connectivity index (χ2n) is 18.3. The lowest BCUT2D eigenvalue weighted by Crippen LogP contribution is -2.25. The third-order valence-corrected chi connectivity index (χ3v) is 14.8. The summed E-state index contributed by atoms with van der Waals surface area (Å²) in [4.78, 5) is 15.9. The van der Waals surface area contributed by atoms with Crippen LogP contribution in [-0.2, 0) is 5.41 Å². The lowest BCUT2D eigenvalue weighted by Gasteiger charge is -2.30. The van der Waals surface area contributed by atoms with Crippen LogP contribution >= 0.6 is 0 Å². The predicted molar refractivity (Wildman–Crippen MR) is 281 cm³/mol. The number of fused-ring (bicyclic) bond motifs is 16. The zero-order valence-electron chi connectivity index (χ0n) is 37.3. The van der Waals surface area contributed by atoms with Crippen molar-refractivity contribution >= 4 is 43.6 Å². The fourth-order valence-electron chi connectivity index (χ4n) is 12.0. The molecule has 0 N–H and O–H groups in total. The lowest BCUT2D eigenvalue weighted by molar-refractivity contribution is 0.794. The number of para-hydroxylation sites is 3. The molecule has 0 saturated carbocycles. The third-order valence-electron chi connectivity index (χ3n) is 14.8. The van der Waals surface area contributed by atoms with Crippen molar-refractivity contribution in [1.82, 2.24) is 24.1 Å². The van der Waals surface area contributed by atoms with Gasteiger partial charge in [-0.05, 0) is 105 Å². The van der Waals surface area contributed by atoms with Gasteiger partial charge in [0.1, 0.15) is 0 Å². The summed E-state index contributed by atoms with van der Waals surface area (Å²) in [6.07, 6.45) is 0. The van der Waals surface area contributed by atoms with Crippen LogP contribution in [0.3, 0.4) is 0 Å². The van der Waals surface area contributed by atoms with Crippen LogP contribution in [0.15, 0.2) is 237 Å². The van der Waals surface area contributed by atoms with Crippen molar-refractivity contribution in [3.8, 4) is 67.8 Å². The van der Waals surface area contributed by atoms with Crippen LogP contribution in [0.4, 0.5) is 0 Å². The van der Waals surface area contributed by atoms with Crippen LogP contribution in [0.2, 0.25) is 0 Å². The summed E-state index contributed by atoms with van der Waals surface area (Å²) in [6.45, 7) is 0. The second-order valence-corrected chi connectivity index (χ2v) is 18.3. The van der Waals surface area contributed by atoms with E-state index in [2.05, 4.69) is 228 Å². The molecule has 0 radical (unpaired) electrons. The van der Waals surface area contributed by atoms with Crippen molar-refractivity contribution in [3.63, 3.8) is 0 Å². The molecule has 0 atom stereocenters. The summed E-state index contributed by atoms with van der Waals surface area (Å²) in [5.41, 5.74) is 19.3. The summed E-state index contributed by atoms with van der Waals surface area (Å²) >= 11 is 0. The maximum Gasteiger partial charge on any atom is 0.164 e. The molecule has 10 aromatic carbocycles. The van der Waals surface area contributed by atoms with E-state index in [4.69, 9.17) is 15.0 Å². The normalized spacial score (nSPS) is 13.0. The van der Waals surface area contributed by atoms with Gasteiger partial charge in [0.05, 0.1) is 27.5 Å². The zero-order chi connectivity index (χ0) is 45.2. The minimum Gasteiger partial charge on any atom is -0.309 e. The van der Waals surface area contributed by atoms with E-state index in [1.165, 1.54) is 77.1 Å². The van der Waals surface area contributed by atoms with Gasteiger partial charge in [-0.1, -0.05) is 176 Å². The highest BCUT2D eigenvalue weighted by Crippen LogP contribution is 2.63. The molecule has 2 aliphatic rings. The topological polar surface area (TPSA) is 48.5 Å². The molecule has 0 saturated heterocycles. The minimum atomic E-state index is -0.472. The van der Waals surface area contributed by atoms with Gasteiger partial charge >= 0.3 is 0 Å². The first-order chi connectivity index (χ1) is 34.2. The van der Waals surface area contributed by atoms with Crippen LogP contribution in [0.5, 0.6) is 0 Å². The number of hydrogen-bond donors (Lipinski definition) is 0. The van der Waals surface area contributed by atoms with E-state index in [1.807, 2.05) is 18.2 Å². The highest BCUT2D eigenvalue weighted by Gasteiger charge is 2.52. The van der Waals surface area contributed by atoms with Gasteiger partial charge in [0.15, 0.2) is 17.5 Å². The van der Waals surface area contributed by atoms with E-state index in [0.717, 1.165) is 39.1 Å². The number of benzene rings is 10. The van der Waals surface area contributed by atoms with E-state index in [0.29, 0.717) is 17.5 Å². The average Bonchev–Trinajstić information content (AvgIpc) is 4.13. The first-order valence-electron chi connectivity index (χ1n) is 23.6. The molecule has 5 heteroatoms. The first-order valence-corrected chi connectivity index (χ1v) is 23.6. The average molecular weight is 878 g/mol. The Morgan fingerprint density at radius 3 is 1.29 bits per heavy atom.